The molecule has 1 saturated heterocycles. The third kappa shape index (κ3) is 3.01. The van der Waals surface area contributed by atoms with E-state index in [0.717, 1.165) is 55.6 Å². The van der Waals surface area contributed by atoms with Crippen LogP contribution in [-0.4, -0.2) is 37.5 Å². The summed E-state index contributed by atoms with van der Waals surface area (Å²) in [5.74, 6) is 2.59. The standard InChI is InChI=1S/C20H25N5O2/c1-3-14(2)25-16(12-21)10-17(22)20(25)24-8-6-23(7-9-24)15-4-5-18-19(11-15)27-13-26-18/h4-5,10-11,14H,3,6-9,13,22H2,1-2H3/t14-/m0/s1. The van der Waals surface area contributed by atoms with Crippen molar-refractivity contribution in [3.8, 4) is 17.6 Å². The van der Waals surface area contributed by atoms with E-state index in [9.17, 15) is 5.26 Å². The fourth-order valence-electron chi connectivity index (χ4n) is 3.84. The molecule has 2 N–H and O–H groups in total. The van der Waals surface area contributed by atoms with Crippen LogP contribution in [0.2, 0.25) is 0 Å². The lowest BCUT2D eigenvalue weighted by Crippen LogP contribution is -2.47. The summed E-state index contributed by atoms with van der Waals surface area (Å²) in [6.07, 6.45) is 0.951. The van der Waals surface area contributed by atoms with Gasteiger partial charge in [-0.3, -0.25) is 0 Å². The molecule has 1 fully saturated rings. The second kappa shape index (κ2) is 6.95. The second-order valence-electron chi connectivity index (χ2n) is 7.06. The van der Waals surface area contributed by atoms with Gasteiger partial charge in [0.1, 0.15) is 17.6 Å². The Bertz CT molecular complexity index is 877. The predicted octanol–water partition coefficient (Wildman–Crippen LogP) is 2.97. The van der Waals surface area contributed by atoms with E-state index in [1.54, 1.807) is 6.07 Å². The molecule has 0 bridgehead atoms. The Balaban J connectivity index is 1.53. The normalized spacial score (nSPS) is 17.1. The van der Waals surface area contributed by atoms with Crippen molar-refractivity contribution in [1.82, 2.24) is 4.57 Å². The Morgan fingerprint density at radius 3 is 2.52 bits per heavy atom. The van der Waals surface area contributed by atoms with Gasteiger partial charge in [0.2, 0.25) is 6.79 Å². The van der Waals surface area contributed by atoms with E-state index in [1.165, 1.54) is 0 Å². The largest absolute Gasteiger partial charge is 0.454 e. The molecule has 0 unspecified atom stereocenters. The molecular formula is C20H25N5O2. The van der Waals surface area contributed by atoms with Crippen molar-refractivity contribution in [2.75, 3.05) is 48.5 Å². The van der Waals surface area contributed by atoms with Crippen molar-refractivity contribution in [1.29, 1.82) is 5.26 Å². The van der Waals surface area contributed by atoms with Gasteiger partial charge in [-0.2, -0.15) is 5.26 Å². The number of rotatable bonds is 4. The second-order valence-corrected chi connectivity index (χ2v) is 7.06. The van der Waals surface area contributed by atoms with Crippen molar-refractivity contribution in [3.05, 3.63) is 30.0 Å². The third-order valence-corrected chi connectivity index (χ3v) is 5.48. The minimum absolute atomic E-state index is 0.235. The van der Waals surface area contributed by atoms with Gasteiger partial charge in [-0.05, 0) is 31.5 Å². The smallest absolute Gasteiger partial charge is 0.231 e. The topological polar surface area (TPSA) is 79.7 Å². The fourth-order valence-corrected chi connectivity index (χ4v) is 3.84. The molecule has 3 heterocycles. The van der Waals surface area contributed by atoms with Gasteiger partial charge in [0.25, 0.3) is 0 Å². The quantitative estimate of drug-likeness (QED) is 0.895. The molecule has 1 atom stereocenters. The summed E-state index contributed by atoms with van der Waals surface area (Å²) in [5.41, 5.74) is 8.75. The van der Waals surface area contributed by atoms with Crippen LogP contribution < -0.4 is 25.0 Å². The van der Waals surface area contributed by atoms with Gasteiger partial charge in [-0.25, -0.2) is 0 Å². The number of anilines is 3. The van der Waals surface area contributed by atoms with Crippen LogP contribution in [0.3, 0.4) is 0 Å². The van der Waals surface area contributed by atoms with Crippen LogP contribution in [0.15, 0.2) is 24.3 Å². The van der Waals surface area contributed by atoms with E-state index < -0.39 is 0 Å². The number of nitrogens with zero attached hydrogens (tertiary/aromatic N) is 4. The highest BCUT2D eigenvalue weighted by atomic mass is 16.7. The van der Waals surface area contributed by atoms with Crippen molar-refractivity contribution >= 4 is 17.2 Å². The molecule has 2 aliphatic rings. The van der Waals surface area contributed by atoms with Crippen molar-refractivity contribution in [2.45, 2.75) is 26.3 Å². The molecule has 1 aromatic heterocycles. The van der Waals surface area contributed by atoms with Crippen LogP contribution in [0.4, 0.5) is 17.2 Å². The molecule has 7 nitrogen and oxygen atoms in total. The van der Waals surface area contributed by atoms with Gasteiger partial charge >= 0.3 is 0 Å². The van der Waals surface area contributed by atoms with Gasteiger partial charge < -0.3 is 29.6 Å². The minimum atomic E-state index is 0.235. The first kappa shape index (κ1) is 17.4. The number of fused-ring (bicyclic) bond motifs is 1. The number of ether oxygens (including phenoxy) is 2. The molecule has 0 saturated carbocycles. The molecule has 1 aromatic carbocycles. The highest BCUT2D eigenvalue weighted by Gasteiger charge is 2.26. The number of hydrogen-bond donors (Lipinski definition) is 1. The Kier molecular flexibility index (Phi) is 4.48. The molecule has 0 radical (unpaired) electrons. The maximum atomic E-state index is 9.49. The lowest BCUT2D eigenvalue weighted by atomic mass is 10.2. The van der Waals surface area contributed by atoms with Crippen LogP contribution in [0.25, 0.3) is 0 Å². The molecule has 2 aliphatic heterocycles. The zero-order valence-electron chi connectivity index (χ0n) is 15.8. The van der Waals surface area contributed by atoms with Gasteiger partial charge in [0.05, 0.1) is 5.69 Å². The maximum absolute atomic E-state index is 9.49. The molecular weight excluding hydrogens is 342 g/mol. The average molecular weight is 367 g/mol. The van der Waals surface area contributed by atoms with Gasteiger partial charge in [-0.1, -0.05) is 6.92 Å². The van der Waals surface area contributed by atoms with E-state index in [1.807, 2.05) is 12.1 Å². The molecule has 142 valence electrons. The first-order valence-corrected chi connectivity index (χ1v) is 9.42. The lowest BCUT2D eigenvalue weighted by molar-refractivity contribution is 0.174. The van der Waals surface area contributed by atoms with Crippen molar-refractivity contribution in [3.63, 3.8) is 0 Å². The summed E-state index contributed by atoms with van der Waals surface area (Å²) in [4.78, 5) is 4.64. The molecule has 27 heavy (non-hydrogen) atoms. The molecule has 4 rings (SSSR count). The fraction of sp³-hybridized carbons (Fsp3) is 0.450. The lowest BCUT2D eigenvalue weighted by Gasteiger charge is -2.38. The summed E-state index contributed by atoms with van der Waals surface area (Å²) in [7, 11) is 0. The number of nitrogen functional groups attached to an aromatic ring is 1. The van der Waals surface area contributed by atoms with E-state index in [-0.39, 0.29) is 6.04 Å². The molecule has 0 spiro atoms. The minimum Gasteiger partial charge on any atom is -0.454 e. The summed E-state index contributed by atoms with van der Waals surface area (Å²) >= 11 is 0. The zero-order valence-corrected chi connectivity index (χ0v) is 15.8. The molecule has 0 amide bonds. The maximum Gasteiger partial charge on any atom is 0.231 e. The van der Waals surface area contributed by atoms with E-state index in [2.05, 4.69) is 40.3 Å². The Labute approximate surface area is 159 Å². The highest BCUT2D eigenvalue weighted by Crippen LogP contribution is 2.37. The Hall–Kier alpha value is -3.01. The highest BCUT2D eigenvalue weighted by molar-refractivity contribution is 5.69. The zero-order chi connectivity index (χ0) is 19.0. The van der Waals surface area contributed by atoms with Crippen molar-refractivity contribution in [2.24, 2.45) is 0 Å². The summed E-state index contributed by atoms with van der Waals surface area (Å²) in [6.45, 7) is 8.02. The average Bonchev–Trinajstić information content (AvgIpc) is 3.30. The predicted molar refractivity (Wildman–Crippen MR) is 106 cm³/mol. The van der Waals surface area contributed by atoms with Crippen LogP contribution in [0.5, 0.6) is 11.5 Å². The van der Waals surface area contributed by atoms with Crippen LogP contribution in [0, 0.1) is 11.3 Å². The number of aromatic nitrogens is 1. The number of nitrogens with two attached hydrogens (primary N) is 1. The number of nitriles is 1. The summed E-state index contributed by atoms with van der Waals surface area (Å²) in [5, 5.41) is 9.49. The van der Waals surface area contributed by atoms with Crippen molar-refractivity contribution < 1.29 is 9.47 Å². The van der Waals surface area contributed by atoms with Gasteiger partial charge in [0.15, 0.2) is 11.5 Å². The van der Waals surface area contributed by atoms with Crippen LogP contribution in [0.1, 0.15) is 32.0 Å². The van der Waals surface area contributed by atoms with Crippen LogP contribution >= 0.6 is 0 Å². The SMILES string of the molecule is CC[C@H](C)n1c(C#N)cc(N)c1N1CCN(c2ccc3c(c2)OCO3)CC1. The summed E-state index contributed by atoms with van der Waals surface area (Å²) < 4.78 is 13.0. The van der Waals surface area contributed by atoms with E-state index >= 15 is 0 Å². The molecule has 7 heteroatoms. The monoisotopic (exact) mass is 367 g/mol. The van der Waals surface area contributed by atoms with Crippen LogP contribution in [-0.2, 0) is 0 Å². The number of benzene rings is 1. The number of piperazine rings is 1. The number of hydrogen-bond acceptors (Lipinski definition) is 6. The molecule has 2 aromatic rings. The first-order valence-electron chi connectivity index (χ1n) is 9.42. The molecule has 0 aliphatic carbocycles. The van der Waals surface area contributed by atoms with E-state index in [0.29, 0.717) is 18.2 Å². The Morgan fingerprint density at radius 1 is 1.11 bits per heavy atom. The van der Waals surface area contributed by atoms with Gasteiger partial charge in [0, 0.05) is 44.0 Å². The summed E-state index contributed by atoms with van der Waals surface area (Å²) in [6, 6.07) is 10.4. The third-order valence-electron chi connectivity index (χ3n) is 5.48. The van der Waals surface area contributed by atoms with E-state index in [4.69, 9.17) is 15.2 Å². The Morgan fingerprint density at radius 2 is 1.81 bits per heavy atom. The first-order chi connectivity index (χ1) is 13.1. The van der Waals surface area contributed by atoms with Gasteiger partial charge in [-0.15, -0.1) is 0 Å².